The molecule has 0 fully saturated rings. The summed E-state index contributed by atoms with van der Waals surface area (Å²) in [6.07, 6.45) is 2.73. The average Bonchev–Trinajstić information content (AvgIpc) is 2.81. The van der Waals surface area contributed by atoms with E-state index in [-0.39, 0.29) is 39.1 Å². The van der Waals surface area contributed by atoms with Crippen molar-refractivity contribution in [2.24, 2.45) is 5.41 Å². The lowest BCUT2D eigenvalue weighted by atomic mass is 9.81. The van der Waals surface area contributed by atoms with E-state index in [1.807, 2.05) is 19.9 Å². The van der Waals surface area contributed by atoms with E-state index in [4.69, 9.17) is 9.47 Å². The summed E-state index contributed by atoms with van der Waals surface area (Å²) >= 11 is 0. The summed E-state index contributed by atoms with van der Waals surface area (Å²) in [7, 11) is 0. The van der Waals surface area contributed by atoms with Gasteiger partial charge in [-0.25, -0.2) is 0 Å². The molecule has 1 aromatic carbocycles. The van der Waals surface area contributed by atoms with E-state index < -0.39 is 35.6 Å². The normalized spacial score (nSPS) is 11.9. The number of hydrogen-bond donors (Lipinski definition) is 0. The van der Waals surface area contributed by atoms with Gasteiger partial charge in [-0.05, 0) is 45.1 Å². The van der Waals surface area contributed by atoms with E-state index in [0.29, 0.717) is 12.8 Å². The van der Waals surface area contributed by atoms with Gasteiger partial charge in [-0.2, -0.15) is 8.78 Å². The number of carbonyl (C=O) groups excluding carboxylic acids is 3. The van der Waals surface area contributed by atoms with E-state index in [0.717, 1.165) is 5.56 Å². The lowest BCUT2D eigenvalue weighted by Gasteiger charge is -2.29. The number of rotatable bonds is 15. The molecule has 0 saturated carbocycles. The van der Waals surface area contributed by atoms with Crippen LogP contribution in [-0.2, 0) is 23.9 Å². The third-order valence-corrected chi connectivity index (χ3v) is 5.29. The summed E-state index contributed by atoms with van der Waals surface area (Å²) in [5, 5.41) is 0. The molecule has 0 saturated heterocycles. The van der Waals surface area contributed by atoms with E-state index in [2.05, 4.69) is 0 Å². The van der Waals surface area contributed by atoms with Crippen molar-refractivity contribution in [3.05, 3.63) is 42.0 Å². The molecule has 8 heteroatoms. The van der Waals surface area contributed by atoms with Gasteiger partial charge in [0.1, 0.15) is 0 Å². The lowest BCUT2D eigenvalue weighted by molar-refractivity contribution is -0.169. The van der Waals surface area contributed by atoms with Crippen LogP contribution in [0.15, 0.2) is 36.4 Å². The highest BCUT2D eigenvalue weighted by atomic mass is 19.3. The second kappa shape index (κ2) is 14.5. The van der Waals surface area contributed by atoms with Crippen LogP contribution < -0.4 is 0 Å². The summed E-state index contributed by atoms with van der Waals surface area (Å²) in [5.41, 5.74) is -1.18. The Labute approximate surface area is 201 Å². The van der Waals surface area contributed by atoms with Crippen LogP contribution in [0.4, 0.5) is 8.78 Å². The van der Waals surface area contributed by atoms with Gasteiger partial charge in [0.05, 0.1) is 13.2 Å². The molecule has 0 unspecified atom stereocenters. The molecule has 6 nitrogen and oxygen atoms in total. The minimum absolute atomic E-state index is 0.0107. The first-order chi connectivity index (χ1) is 16.2. The number of esters is 2. The van der Waals surface area contributed by atoms with Crippen molar-refractivity contribution >= 4 is 23.9 Å². The molecule has 0 heterocycles. The number of hydrogen-bond acceptors (Lipinski definition) is 5. The Morgan fingerprint density at radius 2 is 1.41 bits per heavy atom. The van der Waals surface area contributed by atoms with Crippen LogP contribution in [0.1, 0.15) is 65.4 Å². The van der Waals surface area contributed by atoms with Gasteiger partial charge in [-0.1, -0.05) is 56.3 Å². The highest BCUT2D eigenvalue weighted by Gasteiger charge is 2.48. The summed E-state index contributed by atoms with van der Waals surface area (Å²) in [6.45, 7) is 7.35. The van der Waals surface area contributed by atoms with Crippen molar-refractivity contribution in [3.8, 4) is 0 Å². The number of halogens is 2. The van der Waals surface area contributed by atoms with Crippen LogP contribution >= 0.6 is 0 Å². The van der Waals surface area contributed by atoms with Crippen molar-refractivity contribution in [3.63, 3.8) is 0 Å². The Hall–Kier alpha value is -2.77. The van der Waals surface area contributed by atoms with Crippen LogP contribution in [0.3, 0.4) is 0 Å². The smallest absolute Gasteiger partial charge is 0.327 e. The molecular formula is C26H37F2NO5. The molecule has 0 N–H and O–H groups in total. The van der Waals surface area contributed by atoms with Crippen LogP contribution in [0.25, 0.3) is 6.08 Å². The van der Waals surface area contributed by atoms with Gasteiger partial charge in [-0.15, -0.1) is 0 Å². The van der Waals surface area contributed by atoms with Gasteiger partial charge in [0, 0.05) is 19.5 Å². The van der Waals surface area contributed by atoms with Crippen LogP contribution in [0, 0.1) is 5.41 Å². The summed E-state index contributed by atoms with van der Waals surface area (Å²) in [6, 6.07) is 8.96. The first-order valence-corrected chi connectivity index (χ1v) is 11.9. The molecule has 0 radical (unpaired) electrons. The first kappa shape index (κ1) is 29.3. The van der Waals surface area contributed by atoms with Crippen molar-refractivity contribution in [1.82, 2.24) is 4.90 Å². The monoisotopic (exact) mass is 481 g/mol. The fourth-order valence-corrected chi connectivity index (χ4v) is 3.61. The van der Waals surface area contributed by atoms with Gasteiger partial charge < -0.3 is 14.4 Å². The predicted molar refractivity (Wildman–Crippen MR) is 127 cm³/mol. The fourth-order valence-electron chi connectivity index (χ4n) is 3.61. The lowest BCUT2D eigenvalue weighted by Crippen LogP contribution is -2.45. The zero-order valence-corrected chi connectivity index (χ0v) is 20.6. The standard InChI is InChI=1S/C26H37F2NO5/c1-5-19-29(20-6-2)22(30)26(27,28)17-12-16-25(23(31)33-7-3,24(32)34-8-4)18-15-21-13-10-9-11-14-21/h9-11,13-15,18H,5-8,12,16-17,19-20H2,1-4H3/b18-15+. The Balaban J connectivity index is 3.19. The number of alkyl halides is 2. The van der Waals surface area contributed by atoms with E-state index in [1.165, 1.54) is 11.0 Å². The second-order valence-corrected chi connectivity index (χ2v) is 8.01. The first-order valence-electron chi connectivity index (χ1n) is 11.9. The molecule has 0 aliphatic carbocycles. The van der Waals surface area contributed by atoms with Crippen molar-refractivity contribution in [2.45, 2.75) is 65.7 Å². The zero-order chi connectivity index (χ0) is 25.6. The quantitative estimate of drug-likeness (QED) is 0.252. The van der Waals surface area contributed by atoms with Crippen LogP contribution in [0.2, 0.25) is 0 Å². The number of nitrogens with zero attached hydrogens (tertiary/aromatic N) is 1. The molecule has 1 aromatic rings. The molecule has 0 aliphatic heterocycles. The Morgan fingerprint density at radius 1 is 0.882 bits per heavy atom. The third-order valence-electron chi connectivity index (χ3n) is 5.29. The maximum atomic E-state index is 14.8. The summed E-state index contributed by atoms with van der Waals surface area (Å²) in [5.74, 6) is -6.57. The number of carbonyl (C=O) groups is 3. The fraction of sp³-hybridized carbons (Fsp3) is 0.577. The summed E-state index contributed by atoms with van der Waals surface area (Å²) in [4.78, 5) is 39.5. The van der Waals surface area contributed by atoms with Crippen LogP contribution in [-0.4, -0.2) is 55.0 Å². The zero-order valence-electron chi connectivity index (χ0n) is 20.6. The molecule has 34 heavy (non-hydrogen) atoms. The Kier molecular flexibility index (Phi) is 12.5. The molecule has 0 spiro atoms. The maximum Gasteiger partial charge on any atom is 0.327 e. The van der Waals surface area contributed by atoms with E-state index in [1.54, 1.807) is 44.2 Å². The van der Waals surface area contributed by atoms with E-state index >= 15 is 0 Å². The third kappa shape index (κ3) is 8.22. The molecular weight excluding hydrogens is 444 g/mol. The molecule has 190 valence electrons. The highest BCUT2D eigenvalue weighted by Crippen LogP contribution is 2.34. The average molecular weight is 482 g/mol. The van der Waals surface area contributed by atoms with Gasteiger partial charge in [-0.3, -0.25) is 14.4 Å². The van der Waals surface area contributed by atoms with Gasteiger partial charge in [0.2, 0.25) is 0 Å². The topological polar surface area (TPSA) is 72.9 Å². The van der Waals surface area contributed by atoms with Gasteiger partial charge in [0.25, 0.3) is 5.91 Å². The minimum Gasteiger partial charge on any atom is -0.465 e. The largest absolute Gasteiger partial charge is 0.465 e. The number of ether oxygens (including phenoxy) is 2. The van der Waals surface area contributed by atoms with Gasteiger partial charge >= 0.3 is 17.9 Å². The highest BCUT2D eigenvalue weighted by molar-refractivity contribution is 6.03. The van der Waals surface area contributed by atoms with Crippen molar-refractivity contribution < 1.29 is 32.6 Å². The Bertz CT molecular complexity index is 787. The molecule has 0 aliphatic rings. The molecule has 0 atom stereocenters. The van der Waals surface area contributed by atoms with Crippen molar-refractivity contribution in [2.75, 3.05) is 26.3 Å². The molecule has 0 bridgehead atoms. The maximum absolute atomic E-state index is 14.8. The number of amides is 1. The van der Waals surface area contributed by atoms with Crippen molar-refractivity contribution in [1.29, 1.82) is 0 Å². The molecule has 1 rings (SSSR count). The molecule has 0 aromatic heterocycles. The van der Waals surface area contributed by atoms with Gasteiger partial charge in [0.15, 0.2) is 5.41 Å². The minimum atomic E-state index is -3.61. The van der Waals surface area contributed by atoms with E-state index in [9.17, 15) is 23.2 Å². The Morgan fingerprint density at radius 3 is 1.88 bits per heavy atom. The number of benzene rings is 1. The molecule has 1 amide bonds. The summed E-state index contributed by atoms with van der Waals surface area (Å²) < 4.78 is 39.9. The second-order valence-electron chi connectivity index (χ2n) is 8.01. The SMILES string of the molecule is CCCN(CCC)C(=O)C(F)(F)CCCC(/C=C/c1ccccc1)(C(=O)OCC)C(=O)OCC. The predicted octanol–water partition coefficient (Wildman–Crippen LogP) is 5.27. The van der Waals surface area contributed by atoms with Crippen LogP contribution in [0.5, 0.6) is 0 Å².